The zero-order valence-electron chi connectivity index (χ0n) is 11.9. The molecule has 2 aromatic rings. The molecule has 2 rings (SSSR count). The largest absolute Gasteiger partial charge is 0.391 e. The van der Waals surface area contributed by atoms with E-state index in [-0.39, 0.29) is 5.54 Å². The van der Waals surface area contributed by atoms with Crippen LogP contribution in [0.2, 0.25) is 0 Å². The molecular weight excluding hydrogens is 236 g/mol. The first kappa shape index (κ1) is 14.0. The summed E-state index contributed by atoms with van der Waals surface area (Å²) in [6.45, 7) is 6.86. The predicted molar refractivity (Wildman–Crippen MR) is 79.2 cm³/mol. The molecule has 3 heteroatoms. The van der Waals surface area contributed by atoms with Gasteiger partial charge < -0.3 is 10.4 Å². The maximum Gasteiger partial charge on any atom is 0.0720 e. The molecule has 19 heavy (non-hydrogen) atoms. The SMILES string of the molecule is CC(C)(C)NC[C@H](O)Cc1ccc2ccccc2n1. The number of fused-ring (bicyclic) bond motifs is 1. The molecule has 0 saturated carbocycles. The van der Waals surface area contributed by atoms with Crippen LogP contribution in [0.4, 0.5) is 0 Å². The topological polar surface area (TPSA) is 45.1 Å². The highest BCUT2D eigenvalue weighted by molar-refractivity contribution is 5.78. The molecule has 102 valence electrons. The second-order valence-electron chi connectivity index (χ2n) is 5.98. The molecule has 1 aromatic carbocycles. The summed E-state index contributed by atoms with van der Waals surface area (Å²) in [5.41, 5.74) is 1.94. The molecule has 2 N–H and O–H groups in total. The van der Waals surface area contributed by atoms with Gasteiger partial charge in [-0.05, 0) is 32.9 Å². The Bertz CT molecular complexity index is 546. The highest BCUT2D eigenvalue weighted by Crippen LogP contribution is 2.12. The number of aromatic nitrogens is 1. The average molecular weight is 258 g/mol. The van der Waals surface area contributed by atoms with E-state index in [0.717, 1.165) is 16.6 Å². The van der Waals surface area contributed by atoms with Crippen LogP contribution in [-0.4, -0.2) is 28.3 Å². The van der Waals surface area contributed by atoms with Crippen LogP contribution in [-0.2, 0) is 6.42 Å². The summed E-state index contributed by atoms with van der Waals surface area (Å²) in [7, 11) is 0. The third-order valence-electron chi connectivity index (χ3n) is 2.97. The van der Waals surface area contributed by atoms with Crippen molar-refractivity contribution in [2.75, 3.05) is 6.54 Å². The van der Waals surface area contributed by atoms with Gasteiger partial charge in [0.05, 0.1) is 11.6 Å². The zero-order chi connectivity index (χ0) is 13.9. The molecule has 0 aliphatic rings. The summed E-state index contributed by atoms with van der Waals surface area (Å²) in [6.07, 6.45) is 0.168. The number of nitrogens with zero attached hydrogens (tertiary/aromatic N) is 1. The van der Waals surface area contributed by atoms with Gasteiger partial charge in [-0.15, -0.1) is 0 Å². The van der Waals surface area contributed by atoms with E-state index in [4.69, 9.17) is 0 Å². The summed E-state index contributed by atoms with van der Waals surface area (Å²) in [5.74, 6) is 0. The number of β-amino-alcohol motifs (C(OH)–C–C–N with tert-alkyl or cyclic N) is 1. The minimum atomic E-state index is -0.409. The van der Waals surface area contributed by atoms with Gasteiger partial charge in [-0.3, -0.25) is 4.98 Å². The van der Waals surface area contributed by atoms with E-state index in [1.165, 1.54) is 0 Å². The second-order valence-corrected chi connectivity index (χ2v) is 5.98. The number of nitrogens with one attached hydrogen (secondary N) is 1. The minimum absolute atomic E-state index is 0.0256. The van der Waals surface area contributed by atoms with Crippen molar-refractivity contribution in [3.8, 4) is 0 Å². The molecule has 0 amide bonds. The first-order valence-electron chi connectivity index (χ1n) is 6.72. The van der Waals surface area contributed by atoms with Crippen LogP contribution in [0.25, 0.3) is 10.9 Å². The Kier molecular flexibility index (Phi) is 4.17. The molecule has 3 nitrogen and oxygen atoms in total. The van der Waals surface area contributed by atoms with Gasteiger partial charge in [0.15, 0.2) is 0 Å². The van der Waals surface area contributed by atoms with E-state index < -0.39 is 6.10 Å². The van der Waals surface area contributed by atoms with Gasteiger partial charge in [0, 0.05) is 29.6 Å². The molecule has 1 atom stereocenters. The van der Waals surface area contributed by atoms with Gasteiger partial charge in [0.25, 0.3) is 0 Å². The van der Waals surface area contributed by atoms with Crippen molar-refractivity contribution < 1.29 is 5.11 Å². The molecule has 1 aromatic heterocycles. The monoisotopic (exact) mass is 258 g/mol. The lowest BCUT2D eigenvalue weighted by atomic mass is 10.1. The molecule has 0 bridgehead atoms. The number of para-hydroxylation sites is 1. The van der Waals surface area contributed by atoms with Crippen molar-refractivity contribution >= 4 is 10.9 Å². The molecular formula is C16H22N2O. The van der Waals surface area contributed by atoms with Crippen LogP contribution in [0.1, 0.15) is 26.5 Å². The minimum Gasteiger partial charge on any atom is -0.391 e. The van der Waals surface area contributed by atoms with Crippen molar-refractivity contribution in [3.63, 3.8) is 0 Å². The molecule has 0 fully saturated rings. The van der Waals surface area contributed by atoms with Crippen LogP contribution in [0.3, 0.4) is 0 Å². The van der Waals surface area contributed by atoms with E-state index in [2.05, 4.69) is 37.1 Å². The van der Waals surface area contributed by atoms with E-state index >= 15 is 0 Å². The Morgan fingerprint density at radius 2 is 1.89 bits per heavy atom. The first-order valence-corrected chi connectivity index (χ1v) is 6.72. The number of aliphatic hydroxyl groups excluding tert-OH is 1. The van der Waals surface area contributed by atoms with Crippen LogP contribution in [0.15, 0.2) is 36.4 Å². The highest BCUT2D eigenvalue weighted by Gasteiger charge is 2.13. The Labute approximate surface area is 114 Å². The molecule has 0 unspecified atom stereocenters. The standard InChI is InChI=1S/C16H22N2O/c1-16(2,3)17-11-14(19)10-13-9-8-12-6-4-5-7-15(12)18-13/h4-9,14,17,19H,10-11H2,1-3H3/t14-/m1/s1. The fourth-order valence-corrected chi connectivity index (χ4v) is 1.96. The van der Waals surface area contributed by atoms with Crippen molar-refractivity contribution in [1.82, 2.24) is 10.3 Å². The summed E-state index contributed by atoms with van der Waals surface area (Å²) in [5, 5.41) is 14.5. The average Bonchev–Trinajstić information content (AvgIpc) is 2.35. The van der Waals surface area contributed by atoms with Crippen molar-refractivity contribution in [2.24, 2.45) is 0 Å². The first-order chi connectivity index (χ1) is 8.94. The fourth-order valence-electron chi connectivity index (χ4n) is 1.96. The van der Waals surface area contributed by atoms with Crippen molar-refractivity contribution in [1.29, 1.82) is 0 Å². The number of rotatable bonds is 4. The van der Waals surface area contributed by atoms with E-state index in [1.54, 1.807) is 0 Å². The third-order valence-corrected chi connectivity index (χ3v) is 2.97. The molecule has 0 radical (unpaired) electrons. The normalized spacial score (nSPS) is 13.7. The van der Waals surface area contributed by atoms with E-state index in [9.17, 15) is 5.11 Å². The smallest absolute Gasteiger partial charge is 0.0720 e. The Morgan fingerprint density at radius 3 is 2.63 bits per heavy atom. The number of aliphatic hydroxyl groups is 1. The number of hydrogen-bond acceptors (Lipinski definition) is 3. The van der Waals surface area contributed by atoms with Gasteiger partial charge >= 0.3 is 0 Å². The molecule has 0 aliphatic heterocycles. The van der Waals surface area contributed by atoms with Gasteiger partial charge in [-0.25, -0.2) is 0 Å². The Morgan fingerprint density at radius 1 is 1.16 bits per heavy atom. The third kappa shape index (κ3) is 4.30. The van der Waals surface area contributed by atoms with Crippen LogP contribution in [0, 0.1) is 0 Å². The predicted octanol–water partition coefficient (Wildman–Crippen LogP) is 2.53. The quantitative estimate of drug-likeness (QED) is 0.885. The van der Waals surface area contributed by atoms with E-state index in [0.29, 0.717) is 13.0 Å². The molecule has 0 spiro atoms. The zero-order valence-corrected chi connectivity index (χ0v) is 11.9. The number of benzene rings is 1. The maximum absolute atomic E-state index is 10.0. The van der Waals surface area contributed by atoms with Crippen molar-refractivity contribution in [3.05, 3.63) is 42.1 Å². The lowest BCUT2D eigenvalue weighted by Gasteiger charge is -2.22. The summed E-state index contributed by atoms with van der Waals surface area (Å²) < 4.78 is 0. The fraction of sp³-hybridized carbons (Fsp3) is 0.438. The van der Waals surface area contributed by atoms with Crippen LogP contribution >= 0.6 is 0 Å². The summed E-state index contributed by atoms with van der Waals surface area (Å²) >= 11 is 0. The molecule has 1 heterocycles. The van der Waals surface area contributed by atoms with E-state index in [1.807, 2.05) is 30.3 Å². The maximum atomic E-state index is 10.0. The molecule has 0 aliphatic carbocycles. The number of hydrogen-bond donors (Lipinski definition) is 2. The van der Waals surface area contributed by atoms with Gasteiger partial charge in [-0.2, -0.15) is 0 Å². The van der Waals surface area contributed by atoms with Gasteiger partial charge in [-0.1, -0.05) is 24.3 Å². The lowest BCUT2D eigenvalue weighted by molar-refractivity contribution is 0.160. The van der Waals surface area contributed by atoms with Gasteiger partial charge in [0.2, 0.25) is 0 Å². The van der Waals surface area contributed by atoms with Gasteiger partial charge in [0.1, 0.15) is 0 Å². The van der Waals surface area contributed by atoms with Crippen LogP contribution in [0.5, 0.6) is 0 Å². The summed E-state index contributed by atoms with van der Waals surface area (Å²) in [4.78, 5) is 4.57. The lowest BCUT2D eigenvalue weighted by Crippen LogP contribution is -2.41. The highest BCUT2D eigenvalue weighted by atomic mass is 16.3. The number of pyridine rings is 1. The Hall–Kier alpha value is -1.45. The molecule has 0 saturated heterocycles. The van der Waals surface area contributed by atoms with Crippen molar-refractivity contribution in [2.45, 2.75) is 38.8 Å². The second kappa shape index (κ2) is 5.68. The summed E-state index contributed by atoms with van der Waals surface area (Å²) in [6, 6.07) is 12.1. The van der Waals surface area contributed by atoms with Crippen LogP contribution < -0.4 is 5.32 Å². The Balaban J connectivity index is 2.00.